The molecule has 0 radical (unpaired) electrons. The molecule has 5 nitrogen and oxygen atoms in total. The van der Waals surface area contributed by atoms with Crippen LogP contribution in [0.2, 0.25) is 0 Å². The van der Waals surface area contributed by atoms with Gasteiger partial charge in [0.15, 0.2) is 5.58 Å². The number of oxazole rings is 1. The first-order valence-electron chi connectivity index (χ1n) is 6.23. The summed E-state index contributed by atoms with van der Waals surface area (Å²) in [5.74, 6) is -0.366. The molecule has 0 unspecified atom stereocenters. The van der Waals surface area contributed by atoms with Crippen molar-refractivity contribution < 1.29 is 9.21 Å². The van der Waals surface area contributed by atoms with Crippen molar-refractivity contribution in [3.05, 3.63) is 47.1 Å². The highest BCUT2D eigenvalue weighted by Gasteiger charge is 2.58. The van der Waals surface area contributed by atoms with Crippen LogP contribution < -0.4 is 11.1 Å². The van der Waals surface area contributed by atoms with E-state index in [1.807, 2.05) is 6.07 Å². The number of hydrogen-bond acceptors (Lipinski definition) is 3. The van der Waals surface area contributed by atoms with Crippen molar-refractivity contribution >= 4 is 17.0 Å². The third-order valence-electron chi connectivity index (χ3n) is 4.27. The van der Waals surface area contributed by atoms with Crippen LogP contribution in [0, 0.1) is 5.92 Å². The Morgan fingerprint density at radius 3 is 2.79 bits per heavy atom. The van der Waals surface area contributed by atoms with E-state index in [1.165, 1.54) is 4.57 Å². The topological polar surface area (TPSA) is 64.2 Å². The summed E-state index contributed by atoms with van der Waals surface area (Å²) >= 11 is 0. The molecule has 2 saturated heterocycles. The van der Waals surface area contributed by atoms with Gasteiger partial charge in [-0.05, 0) is 25.0 Å². The van der Waals surface area contributed by atoms with Crippen molar-refractivity contribution in [2.24, 2.45) is 5.92 Å². The van der Waals surface area contributed by atoms with Gasteiger partial charge in [0.2, 0.25) is 0 Å². The van der Waals surface area contributed by atoms with Gasteiger partial charge in [-0.25, -0.2) is 4.79 Å². The molecule has 3 fully saturated rings. The highest BCUT2D eigenvalue weighted by molar-refractivity contribution is 5.91. The van der Waals surface area contributed by atoms with E-state index in [4.69, 9.17) is 4.42 Å². The Bertz CT molecular complexity index is 777. The van der Waals surface area contributed by atoms with E-state index in [-0.39, 0.29) is 11.8 Å². The lowest BCUT2D eigenvalue weighted by Crippen LogP contribution is -2.64. The SMILES string of the molecule is C=C1NC(=O)C2(n3c(=O)oc4ccccc43)CC1C2. The molecule has 5 heteroatoms. The van der Waals surface area contributed by atoms with E-state index in [9.17, 15) is 9.59 Å². The third-order valence-corrected chi connectivity index (χ3v) is 4.27. The zero-order valence-corrected chi connectivity index (χ0v) is 10.2. The Kier molecular flexibility index (Phi) is 1.77. The molecule has 0 spiro atoms. The average molecular weight is 256 g/mol. The highest BCUT2D eigenvalue weighted by atomic mass is 16.4. The summed E-state index contributed by atoms with van der Waals surface area (Å²) in [5, 5.41) is 2.77. The van der Waals surface area contributed by atoms with Crippen molar-refractivity contribution in [3.8, 4) is 0 Å². The van der Waals surface area contributed by atoms with Crippen LogP contribution in [0.4, 0.5) is 0 Å². The summed E-state index contributed by atoms with van der Waals surface area (Å²) in [4.78, 5) is 24.4. The molecule has 1 aromatic heterocycles. The Hall–Kier alpha value is -2.30. The number of piperidine rings is 2. The first kappa shape index (κ1) is 10.6. The third kappa shape index (κ3) is 1.15. The Morgan fingerprint density at radius 2 is 2.05 bits per heavy atom. The maximum atomic E-state index is 12.3. The number of allylic oxidation sites excluding steroid dienone is 1. The van der Waals surface area contributed by atoms with Gasteiger partial charge in [0.25, 0.3) is 5.91 Å². The number of carbonyl (C=O) groups excluding carboxylic acids is 1. The fraction of sp³-hybridized carbons (Fsp3) is 0.286. The van der Waals surface area contributed by atoms with Crippen LogP contribution >= 0.6 is 0 Å². The smallest absolute Gasteiger partial charge is 0.408 e. The summed E-state index contributed by atoms with van der Waals surface area (Å²) < 4.78 is 6.72. The Morgan fingerprint density at radius 1 is 1.32 bits per heavy atom. The number of nitrogens with one attached hydrogen (secondary N) is 1. The fourth-order valence-electron chi connectivity index (χ4n) is 3.21. The molecule has 1 amide bonds. The molecule has 1 aliphatic carbocycles. The average Bonchev–Trinajstić information content (AvgIpc) is 2.64. The number of nitrogens with zero attached hydrogens (tertiary/aromatic N) is 1. The largest absolute Gasteiger partial charge is 0.420 e. The van der Waals surface area contributed by atoms with Gasteiger partial charge in [-0.2, -0.15) is 0 Å². The normalized spacial score (nSPS) is 29.2. The highest BCUT2D eigenvalue weighted by Crippen LogP contribution is 2.50. The summed E-state index contributed by atoms with van der Waals surface area (Å²) in [5.41, 5.74) is 1.15. The first-order valence-corrected chi connectivity index (χ1v) is 6.23. The Balaban J connectivity index is 1.97. The number of benzene rings is 1. The molecular formula is C14H12N2O3. The molecule has 1 N–H and O–H groups in total. The summed E-state index contributed by atoms with van der Waals surface area (Å²) in [6, 6.07) is 7.18. The van der Waals surface area contributed by atoms with Crippen LogP contribution in [0.1, 0.15) is 12.8 Å². The van der Waals surface area contributed by atoms with Gasteiger partial charge in [-0.1, -0.05) is 18.7 Å². The number of fused-ring (bicyclic) bond motifs is 3. The Labute approximate surface area is 108 Å². The molecule has 1 saturated carbocycles. The lowest BCUT2D eigenvalue weighted by atomic mass is 9.63. The molecular weight excluding hydrogens is 244 g/mol. The van der Waals surface area contributed by atoms with Gasteiger partial charge in [0.05, 0.1) is 5.52 Å². The van der Waals surface area contributed by atoms with Gasteiger partial charge in [0, 0.05) is 11.6 Å². The van der Waals surface area contributed by atoms with Gasteiger partial charge in [-0.3, -0.25) is 9.36 Å². The first-order chi connectivity index (χ1) is 9.12. The second-order valence-electron chi connectivity index (χ2n) is 5.29. The van der Waals surface area contributed by atoms with Crippen LogP contribution in [-0.2, 0) is 10.3 Å². The van der Waals surface area contributed by atoms with Crippen molar-refractivity contribution in [2.45, 2.75) is 18.4 Å². The van der Waals surface area contributed by atoms with Crippen molar-refractivity contribution in [3.63, 3.8) is 0 Å². The lowest BCUT2D eigenvalue weighted by molar-refractivity contribution is -0.140. The molecule has 3 aliphatic rings. The monoisotopic (exact) mass is 256 g/mol. The maximum absolute atomic E-state index is 12.3. The minimum atomic E-state index is -0.796. The minimum absolute atomic E-state index is 0.159. The van der Waals surface area contributed by atoms with Crippen molar-refractivity contribution in [1.29, 1.82) is 0 Å². The molecule has 3 heterocycles. The van der Waals surface area contributed by atoms with Crippen molar-refractivity contribution in [2.75, 3.05) is 0 Å². The maximum Gasteiger partial charge on any atom is 0.420 e. The number of aromatic nitrogens is 1. The second kappa shape index (κ2) is 3.17. The number of carbonyl (C=O) groups is 1. The van der Waals surface area contributed by atoms with E-state index in [0.717, 1.165) is 5.70 Å². The molecule has 2 bridgehead atoms. The van der Waals surface area contributed by atoms with Crippen LogP contribution in [0.3, 0.4) is 0 Å². The van der Waals surface area contributed by atoms with Gasteiger partial charge >= 0.3 is 5.76 Å². The fourth-order valence-corrected chi connectivity index (χ4v) is 3.21. The zero-order valence-electron chi connectivity index (χ0n) is 10.2. The predicted octanol–water partition coefficient (Wildman–Crippen LogP) is 1.34. The molecule has 19 heavy (non-hydrogen) atoms. The number of amides is 1. The molecule has 5 rings (SSSR count). The van der Waals surface area contributed by atoms with E-state index >= 15 is 0 Å². The number of rotatable bonds is 1. The van der Waals surface area contributed by atoms with Gasteiger partial charge < -0.3 is 9.73 Å². The molecule has 1 aromatic carbocycles. The predicted molar refractivity (Wildman–Crippen MR) is 68.5 cm³/mol. The molecule has 2 aromatic rings. The molecule has 0 atom stereocenters. The molecule has 2 aliphatic heterocycles. The standard InChI is InChI=1S/C14H12N2O3/c1-8-9-6-14(7-9,12(17)15-8)16-10-4-2-3-5-11(10)19-13(16)18/h2-5,9H,1,6-7H2,(H,15,17). The minimum Gasteiger partial charge on any atom is -0.408 e. The van der Waals surface area contributed by atoms with E-state index in [2.05, 4.69) is 11.9 Å². The van der Waals surface area contributed by atoms with Crippen LogP contribution in [0.15, 0.2) is 45.8 Å². The number of para-hydroxylation sites is 2. The van der Waals surface area contributed by atoms with Crippen LogP contribution in [0.5, 0.6) is 0 Å². The zero-order chi connectivity index (χ0) is 13.2. The second-order valence-corrected chi connectivity index (χ2v) is 5.29. The van der Waals surface area contributed by atoms with E-state index < -0.39 is 11.3 Å². The van der Waals surface area contributed by atoms with Crippen LogP contribution in [-0.4, -0.2) is 10.5 Å². The summed E-state index contributed by atoms with van der Waals surface area (Å²) in [7, 11) is 0. The van der Waals surface area contributed by atoms with Crippen molar-refractivity contribution in [1.82, 2.24) is 9.88 Å². The summed E-state index contributed by atoms with van der Waals surface area (Å²) in [6.45, 7) is 3.84. The van der Waals surface area contributed by atoms with Gasteiger partial charge in [-0.15, -0.1) is 0 Å². The van der Waals surface area contributed by atoms with Crippen LogP contribution in [0.25, 0.3) is 11.1 Å². The lowest BCUT2D eigenvalue weighted by Gasteiger charge is -2.51. The van der Waals surface area contributed by atoms with E-state index in [1.54, 1.807) is 18.2 Å². The van der Waals surface area contributed by atoms with Gasteiger partial charge in [0.1, 0.15) is 5.54 Å². The molecule has 96 valence electrons. The summed E-state index contributed by atoms with van der Waals surface area (Å²) in [6.07, 6.45) is 1.25. The quantitative estimate of drug-likeness (QED) is 0.837. The number of hydrogen-bond donors (Lipinski definition) is 1. The van der Waals surface area contributed by atoms with E-state index in [0.29, 0.717) is 23.9 Å².